The monoisotopic (exact) mass is 283 g/mol. The molecular formula is C17H14ClNO. The zero-order chi connectivity index (χ0) is 13.9. The van der Waals surface area contributed by atoms with Gasteiger partial charge in [-0.3, -0.25) is 0 Å². The van der Waals surface area contributed by atoms with E-state index in [2.05, 4.69) is 12.1 Å². The van der Waals surface area contributed by atoms with Gasteiger partial charge in [-0.1, -0.05) is 48.0 Å². The quantitative estimate of drug-likeness (QED) is 0.753. The lowest BCUT2D eigenvalue weighted by molar-refractivity contribution is 0.482. The van der Waals surface area contributed by atoms with Gasteiger partial charge in [0.2, 0.25) is 0 Å². The standard InChI is InChI=1S/C17H14ClNO/c18-14-8-9-16(13(10-14)11-19)20-17-7-3-5-12-4-1-2-6-15(12)17/h1-10H,11,19H2. The molecule has 2 N–H and O–H groups in total. The van der Waals surface area contributed by atoms with Crippen LogP contribution in [0.4, 0.5) is 0 Å². The highest BCUT2D eigenvalue weighted by Gasteiger charge is 2.07. The highest BCUT2D eigenvalue weighted by atomic mass is 35.5. The largest absolute Gasteiger partial charge is 0.456 e. The molecular weight excluding hydrogens is 270 g/mol. The van der Waals surface area contributed by atoms with Crippen LogP contribution in [0.5, 0.6) is 11.5 Å². The molecule has 0 saturated carbocycles. The Labute approximate surface area is 122 Å². The molecule has 0 radical (unpaired) electrons. The van der Waals surface area contributed by atoms with Gasteiger partial charge in [0.1, 0.15) is 11.5 Å². The Kier molecular flexibility index (Phi) is 3.59. The molecule has 0 amide bonds. The predicted octanol–water partition coefficient (Wildman–Crippen LogP) is 4.74. The Morgan fingerprint density at radius 3 is 2.55 bits per heavy atom. The smallest absolute Gasteiger partial charge is 0.135 e. The maximum Gasteiger partial charge on any atom is 0.135 e. The number of halogens is 1. The molecule has 2 nitrogen and oxygen atoms in total. The number of benzene rings is 3. The predicted molar refractivity (Wildman–Crippen MR) is 83.4 cm³/mol. The first kappa shape index (κ1) is 13.0. The number of fused-ring (bicyclic) bond motifs is 1. The number of ether oxygens (including phenoxy) is 1. The van der Waals surface area contributed by atoms with Crippen molar-refractivity contribution in [1.82, 2.24) is 0 Å². The van der Waals surface area contributed by atoms with Gasteiger partial charge in [0, 0.05) is 22.5 Å². The molecule has 0 aliphatic rings. The second-order valence-electron chi connectivity index (χ2n) is 4.54. The van der Waals surface area contributed by atoms with E-state index in [1.54, 1.807) is 6.07 Å². The summed E-state index contributed by atoms with van der Waals surface area (Å²) in [7, 11) is 0. The van der Waals surface area contributed by atoms with E-state index in [1.807, 2.05) is 42.5 Å². The van der Waals surface area contributed by atoms with E-state index in [1.165, 1.54) is 0 Å². The minimum Gasteiger partial charge on any atom is -0.456 e. The summed E-state index contributed by atoms with van der Waals surface area (Å²) >= 11 is 5.98. The third-order valence-corrected chi connectivity index (χ3v) is 3.45. The van der Waals surface area contributed by atoms with Crippen molar-refractivity contribution >= 4 is 22.4 Å². The fourth-order valence-electron chi connectivity index (χ4n) is 2.21. The molecule has 3 aromatic rings. The van der Waals surface area contributed by atoms with Crippen molar-refractivity contribution in [3.63, 3.8) is 0 Å². The van der Waals surface area contributed by atoms with Crippen molar-refractivity contribution in [3.05, 3.63) is 71.2 Å². The first-order valence-corrected chi connectivity index (χ1v) is 6.80. The maximum absolute atomic E-state index is 6.03. The Hall–Kier alpha value is -2.03. The SMILES string of the molecule is NCc1cc(Cl)ccc1Oc1cccc2ccccc12. The molecule has 0 aliphatic carbocycles. The van der Waals surface area contributed by atoms with E-state index in [-0.39, 0.29) is 0 Å². The van der Waals surface area contributed by atoms with E-state index in [4.69, 9.17) is 22.1 Å². The van der Waals surface area contributed by atoms with Gasteiger partial charge in [-0.2, -0.15) is 0 Å². The van der Waals surface area contributed by atoms with Crippen LogP contribution in [-0.2, 0) is 6.54 Å². The molecule has 20 heavy (non-hydrogen) atoms. The van der Waals surface area contributed by atoms with E-state index in [9.17, 15) is 0 Å². The normalized spacial score (nSPS) is 10.7. The topological polar surface area (TPSA) is 35.2 Å². The zero-order valence-corrected chi connectivity index (χ0v) is 11.6. The molecule has 0 spiro atoms. The molecule has 3 rings (SSSR count). The van der Waals surface area contributed by atoms with Crippen LogP contribution in [0.1, 0.15) is 5.56 Å². The molecule has 0 aliphatic heterocycles. The van der Waals surface area contributed by atoms with Crippen molar-refractivity contribution in [1.29, 1.82) is 0 Å². The van der Waals surface area contributed by atoms with Crippen molar-refractivity contribution in [2.75, 3.05) is 0 Å². The number of rotatable bonds is 3. The average Bonchev–Trinajstić information content (AvgIpc) is 2.49. The van der Waals surface area contributed by atoms with Crippen molar-refractivity contribution in [2.45, 2.75) is 6.54 Å². The Morgan fingerprint density at radius 2 is 1.70 bits per heavy atom. The molecule has 3 heteroatoms. The third kappa shape index (κ3) is 2.48. The van der Waals surface area contributed by atoms with Gasteiger partial charge in [0.05, 0.1) is 0 Å². The second-order valence-corrected chi connectivity index (χ2v) is 4.97. The van der Waals surface area contributed by atoms with Gasteiger partial charge in [-0.15, -0.1) is 0 Å². The van der Waals surface area contributed by atoms with Crippen LogP contribution in [-0.4, -0.2) is 0 Å². The fraction of sp³-hybridized carbons (Fsp3) is 0.0588. The Morgan fingerprint density at radius 1 is 0.900 bits per heavy atom. The third-order valence-electron chi connectivity index (χ3n) is 3.21. The van der Waals surface area contributed by atoms with Crippen LogP contribution in [0, 0.1) is 0 Å². The average molecular weight is 284 g/mol. The summed E-state index contributed by atoms with van der Waals surface area (Å²) in [4.78, 5) is 0. The molecule has 0 bridgehead atoms. The van der Waals surface area contributed by atoms with Crippen LogP contribution in [0.25, 0.3) is 10.8 Å². The van der Waals surface area contributed by atoms with Gasteiger partial charge >= 0.3 is 0 Å². The van der Waals surface area contributed by atoms with Gasteiger partial charge in [0.25, 0.3) is 0 Å². The van der Waals surface area contributed by atoms with Gasteiger partial charge in [-0.05, 0) is 29.7 Å². The first-order valence-electron chi connectivity index (χ1n) is 6.42. The minimum absolute atomic E-state index is 0.390. The van der Waals surface area contributed by atoms with Crippen LogP contribution in [0.15, 0.2) is 60.7 Å². The van der Waals surface area contributed by atoms with Gasteiger partial charge in [-0.25, -0.2) is 0 Å². The Bertz CT molecular complexity index is 750. The molecule has 0 saturated heterocycles. The van der Waals surface area contributed by atoms with E-state index < -0.39 is 0 Å². The van der Waals surface area contributed by atoms with Crippen LogP contribution in [0.3, 0.4) is 0 Å². The minimum atomic E-state index is 0.390. The number of nitrogens with two attached hydrogens (primary N) is 1. The van der Waals surface area contributed by atoms with Crippen LogP contribution < -0.4 is 10.5 Å². The fourth-order valence-corrected chi connectivity index (χ4v) is 2.40. The summed E-state index contributed by atoms with van der Waals surface area (Å²) in [6.45, 7) is 0.390. The molecule has 100 valence electrons. The maximum atomic E-state index is 6.03. The molecule has 0 atom stereocenters. The summed E-state index contributed by atoms with van der Waals surface area (Å²) in [6.07, 6.45) is 0. The van der Waals surface area contributed by atoms with Crippen LogP contribution >= 0.6 is 11.6 Å². The molecule has 0 aromatic heterocycles. The lowest BCUT2D eigenvalue weighted by Gasteiger charge is -2.12. The summed E-state index contributed by atoms with van der Waals surface area (Å²) in [5.41, 5.74) is 6.64. The van der Waals surface area contributed by atoms with Crippen molar-refractivity contribution in [2.24, 2.45) is 5.73 Å². The summed E-state index contributed by atoms with van der Waals surface area (Å²) < 4.78 is 6.03. The number of hydrogen-bond acceptors (Lipinski definition) is 2. The van der Waals surface area contributed by atoms with Crippen molar-refractivity contribution < 1.29 is 4.74 Å². The van der Waals surface area contributed by atoms with E-state index in [0.29, 0.717) is 11.6 Å². The number of hydrogen-bond donors (Lipinski definition) is 1. The summed E-state index contributed by atoms with van der Waals surface area (Å²) in [6, 6.07) is 19.6. The van der Waals surface area contributed by atoms with E-state index in [0.717, 1.165) is 27.8 Å². The zero-order valence-electron chi connectivity index (χ0n) is 10.8. The highest BCUT2D eigenvalue weighted by molar-refractivity contribution is 6.30. The molecule has 0 heterocycles. The van der Waals surface area contributed by atoms with Gasteiger partial charge in [0.15, 0.2) is 0 Å². The second kappa shape index (κ2) is 5.53. The van der Waals surface area contributed by atoms with Crippen LogP contribution in [0.2, 0.25) is 5.02 Å². The van der Waals surface area contributed by atoms with Gasteiger partial charge < -0.3 is 10.5 Å². The molecule has 3 aromatic carbocycles. The summed E-state index contributed by atoms with van der Waals surface area (Å²) in [5, 5.41) is 2.89. The lowest BCUT2D eigenvalue weighted by Crippen LogP contribution is -1.99. The molecule has 0 unspecified atom stereocenters. The molecule has 0 fully saturated rings. The first-order chi connectivity index (χ1) is 9.78. The Balaban J connectivity index is 2.05. The highest BCUT2D eigenvalue weighted by Crippen LogP contribution is 2.32. The van der Waals surface area contributed by atoms with E-state index >= 15 is 0 Å². The lowest BCUT2D eigenvalue weighted by atomic mass is 10.1. The van der Waals surface area contributed by atoms with Crippen molar-refractivity contribution in [3.8, 4) is 11.5 Å². The summed E-state index contributed by atoms with van der Waals surface area (Å²) in [5.74, 6) is 1.56.